The van der Waals surface area contributed by atoms with E-state index >= 15 is 0 Å². The highest BCUT2D eigenvalue weighted by molar-refractivity contribution is 7.07. The third-order valence-corrected chi connectivity index (χ3v) is 4.73. The highest BCUT2D eigenvalue weighted by Gasteiger charge is 2.23. The van der Waals surface area contributed by atoms with Crippen LogP contribution in [0.3, 0.4) is 0 Å². The SMILES string of the molecule is N#Cc1ccc(N2CCCN(Cc3cscn3)CC2)c([N+](=O)[O-])c1. The fraction of sp³-hybridized carbons (Fsp3) is 0.375. The first-order chi connectivity index (χ1) is 11.7. The van der Waals surface area contributed by atoms with Crippen molar-refractivity contribution in [3.05, 3.63) is 50.5 Å². The zero-order valence-corrected chi connectivity index (χ0v) is 13.9. The van der Waals surface area contributed by atoms with Crippen LogP contribution in [-0.4, -0.2) is 41.0 Å². The van der Waals surface area contributed by atoms with Gasteiger partial charge < -0.3 is 4.90 Å². The van der Waals surface area contributed by atoms with Crippen LogP contribution in [0.1, 0.15) is 17.7 Å². The molecule has 2 aromatic rings. The van der Waals surface area contributed by atoms with E-state index in [0.717, 1.165) is 44.8 Å². The molecular formula is C16H17N5O2S. The van der Waals surface area contributed by atoms with Gasteiger partial charge in [-0.25, -0.2) is 4.98 Å². The Labute approximate surface area is 143 Å². The van der Waals surface area contributed by atoms with Crippen LogP contribution in [0.5, 0.6) is 0 Å². The molecule has 3 rings (SSSR count). The number of hydrogen-bond donors (Lipinski definition) is 0. The maximum absolute atomic E-state index is 11.3. The van der Waals surface area contributed by atoms with Crippen molar-refractivity contribution < 1.29 is 4.92 Å². The number of nitriles is 1. The standard InChI is InChI=1S/C16H17N5O2S/c17-9-13-2-3-15(16(8-13)21(22)23)20-5-1-4-19(6-7-20)10-14-11-24-12-18-14/h2-3,8,11-12H,1,4-7,10H2. The zero-order valence-electron chi connectivity index (χ0n) is 13.1. The molecule has 1 aliphatic rings. The lowest BCUT2D eigenvalue weighted by Crippen LogP contribution is -2.30. The summed E-state index contributed by atoms with van der Waals surface area (Å²) in [5.41, 5.74) is 3.80. The molecule has 24 heavy (non-hydrogen) atoms. The summed E-state index contributed by atoms with van der Waals surface area (Å²) in [5.74, 6) is 0. The largest absolute Gasteiger partial charge is 0.365 e. The van der Waals surface area contributed by atoms with Gasteiger partial charge in [0.05, 0.1) is 27.8 Å². The number of aromatic nitrogens is 1. The summed E-state index contributed by atoms with van der Waals surface area (Å²) in [5, 5.41) is 22.3. The molecule has 0 unspecified atom stereocenters. The Hall–Kier alpha value is -2.50. The van der Waals surface area contributed by atoms with E-state index in [1.807, 2.05) is 21.9 Å². The third kappa shape index (κ3) is 3.69. The van der Waals surface area contributed by atoms with Gasteiger partial charge in [0, 0.05) is 44.2 Å². The molecule has 7 nitrogen and oxygen atoms in total. The summed E-state index contributed by atoms with van der Waals surface area (Å²) in [7, 11) is 0. The van der Waals surface area contributed by atoms with Crippen molar-refractivity contribution >= 4 is 22.7 Å². The van der Waals surface area contributed by atoms with Crippen LogP contribution in [0.4, 0.5) is 11.4 Å². The maximum atomic E-state index is 11.3. The Bertz CT molecular complexity index is 756. The fourth-order valence-electron chi connectivity index (χ4n) is 2.92. The molecule has 0 saturated carbocycles. The van der Waals surface area contributed by atoms with Crippen LogP contribution in [0.2, 0.25) is 0 Å². The summed E-state index contributed by atoms with van der Waals surface area (Å²) in [4.78, 5) is 19.6. The highest BCUT2D eigenvalue weighted by Crippen LogP contribution is 2.30. The lowest BCUT2D eigenvalue weighted by molar-refractivity contribution is -0.384. The minimum Gasteiger partial charge on any atom is -0.365 e. The second-order valence-electron chi connectivity index (χ2n) is 5.67. The molecule has 8 heteroatoms. The molecule has 0 amide bonds. The molecule has 1 fully saturated rings. The van der Waals surface area contributed by atoms with E-state index in [1.165, 1.54) is 6.07 Å². The molecule has 1 aromatic heterocycles. The first-order valence-corrected chi connectivity index (χ1v) is 8.64. The number of nitrogens with zero attached hydrogens (tertiary/aromatic N) is 5. The average Bonchev–Trinajstić information content (AvgIpc) is 2.99. The van der Waals surface area contributed by atoms with Crippen molar-refractivity contribution in [2.75, 3.05) is 31.1 Å². The Morgan fingerprint density at radius 1 is 1.33 bits per heavy atom. The van der Waals surface area contributed by atoms with Gasteiger partial charge in [0.15, 0.2) is 0 Å². The van der Waals surface area contributed by atoms with Gasteiger partial charge in [-0.1, -0.05) is 0 Å². The van der Waals surface area contributed by atoms with E-state index in [4.69, 9.17) is 5.26 Å². The van der Waals surface area contributed by atoms with Gasteiger partial charge in [0.25, 0.3) is 5.69 Å². The second-order valence-corrected chi connectivity index (χ2v) is 6.39. The Kier molecular flexibility index (Phi) is 5.03. The number of benzene rings is 1. The van der Waals surface area contributed by atoms with E-state index < -0.39 is 4.92 Å². The lowest BCUT2D eigenvalue weighted by Gasteiger charge is -2.23. The van der Waals surface area contributed by atoms with Gasteiger partial charge >= 0.3 is 0 Å². The van der Waals surface area contributed by atoms with Gasteiger partial charge in [-0.05, 0) is 18.6 Å². The quantitative estimate of drug-likeness (QED) is 0.626. The number of anilines is 1. The first-order valence-electron chi connectivity index (χ1n) is 7.70. The van der Waals surface area contributed by atoms with Gasteiger partial charge in [-0.15, -0.1) is 11.3 Å². The number of nitro benzene ring substituents is 1. The summed E-state index contributed by atoms with van der Waals surface area (Å²) >= 11 is 1.59. The van der Waals surface area contributed by atoms with Crippen LogP contribution in [0.15, 0.2) is 29.1 Å². The van der Waals surface area contributed by atoms with Gasteiger partial charge in [0.2, 0.25) is 0 Å². The van der Waals surface area contributed by atoms with E-state index in [2.05, 4.69) is 9.88 Å². The zero-order chi connectivity index (χ0) is 16.9. The van der Waals surface area contributed by atoms with Gasteiger partial charge in [-0.3, -0.25) is 15.0 Å². The van der Waals surface area contributed by atoms with Gasteiger partial charge in [-0.2, -0.15) is 5.26 Å². The van der Waals surface area contributed by atoms with Crippen LogP contribution in [0.25, 0.3) is 0 Å². The van der Waals surface area contributed by atoms with Crippen LogP contribution in [0, 0.1) is 21.4 Å². The Morgan fingerprint density at radius 3 is 2.92 bits per heavy atom. The Morgan fingerprint density at radius 2 is 2.21 bits per heavy atom. The van der Waals surface area contributed by atoms with Gasteiger partial charge in [0.1, 0.15) is 5.69 Å². The van der Waals surface area contributed by atoms with E-state index in [-0.39, 0.29) is 5.69 Å². The van der Waals surface area contributed by atoms with Crippen molar-refractivity contribution in [3.8, 4) is 6.07 Å². The summed E-state index contributed by atoms with van der Waals surface area (Å²) < 4.78 is 0. The number of hydrogen-bond acceptors (Lipinski definition) is 7. The van der Waals surface area contributed by atoms with Crippen molar-refractivity contribution in [2.45, 2.75) is 13.0 Å². The van der Waals surface area contributed by atoms with Crippen LogP contribution < -0.4 is 4.90 Å². The van der Waals surface area contributed by atoms with E-state index in [1.54, 1.807) is 23.5 Å². The van der Waals surface area contributed by atoms with Crippen LogP contribution >= 0.6 is 11.3 Å². The van der Waals surface area contributed by atoms with Crippen molar-refractivity contribution in [2.24, 2.45) is 0 Å². The minimum absolute atomic E-state index is 0.00185. The van der Waals surface area contributed by atoms with E-state index in [0.29, 0.717) is 11.3 Å². The van der Waals surface area contributed by atoms with Crippen molar-refractivity contribution in [1.29, 1.82) is 5.26 Å². The minimum atomic E-state index is -0.409. The van der Waals surface area contributed by atoms with Crippen LogP contribution in [-0.2, 0) is 6.54 Å². The monoisotopic (exact) mass is 343 g/mol. The predicted octanol–water partition coefficient (Wildman–Crippen LogP) is 2.64. The first kappa shape index (κ1) is 16.4. The van der Waals surface area contributed by atoms with Crippen molar-refractivity contribution in [3.63, 3.8) is 0 Å². The molecule has 0 aliphatic carbocycles. The number of rotatable bonds is 4. The smallest absolute Gasteiger partial charge is 0.293 e. The number of nitro groups is 1. The summed E-state index contributed by atoms with van der Waals surface area (Å²) in [6, 6.07) is 6.64. The normalized spacial score (nSPS) is 15.7. The molecule has 0 radical (unpaired) electrons. The molecular weight excluding hydrogens is 326 g/mol. The van der Waals surface area contributed by atoms with Crippen molar-refractivity contribution in [1.82, 2.24) is 9.88 Å². The Balaban J connectivity index is 1.74. The number of thiazole rings is 1. The molecule has 1 aromatic carbocycles. The molecule has 0 bridgehead atoms. The molecule has 2 heterocycles. The molecule has 0 N–H and O–H groups in total. The maximum Gasteiger partial charge on any atom is 0.293 e. The summed E-state index contributed by atoms with van der Waals surface area (Å²) in [6.07, 6.45) is 0.932. The molecule has 1 saturated heterocycles. The summed E-state index contributed by atoms with van der Waals surface area (Å²) in [6.45, 7) is 4.07. The van der Waals surface area contributed by atoms with E-state index in [9.17, 15) is 10.1 Å². The topological polar surface area (TPSA) is 86.3 Å². The molecule has 1 aliphatic heterocycles. The molecule has 0 spiro atoms. The fourth-order valence-corrected chi connectivity index (χ4v) is 3.47. The lowest BCUT2D eigenvalue weighted by atomic mass is 10.1. The second kappa shape index (κ2) is 7.38. The third-order valence-electron chi connectivity index (χ3n) is 4.10. The predicted molar refractivity (Wildman–Crippen MR) is 92.0 cm³/mol. The molecule has 0 atom stereocenters. The highest BCUT2D eigenvalue weighted by atomic mass is 32.1. The average molecular weight is 343 g/mol. The molecule has 124 valence electrons.